The normalized spacial score (nSPS) is 10.5. The molecule has 2 aromatic carbocycles. The van der Waals surface area contributed by atoms with E-state index in [4.69, 9.17) is 27.8 Å². The quantitative estimate of drug-likeness (QED) is 0.787. The van der Waals surface area contributed by atoms with Crippen molar-refractivity contribution in [3.63, 3.8) is 0 Å². The fourth-order valence-corrected chi connectivity index (χ4v) is 2.21. The van der Waals surface area contributed by atoms with Gasteiger partial charge in [-0.3, -0.25) is 0 Å². The van der Waals surface area contributed by atoms with Crippen molar-refractivity contribution in [2.45, 2.75) is 6.92 Å². The number of rotatable bonds is 2. The third-order valence-corrected chi connectivity index (χ3v) is 3.45. The smallest absolute Gasteiger partial charge is 0.188 e. The van der Waals surface area contributed by atoms with E-state index in [0.717, 1.165) is 10.0 Å². The van der Waals surface area contributed by atoms with Gasteiger partial charge in [0.05, 0.1) is 11.4 Å². The monoisotopic (exact) mass is 344 g/mol. The van der Waals surface area contributed by atoms with Crippen LogP contribution in [0.3, 0.4) is 0 Å². The Bertz CT molecular complexity index is 649. The number of halogens is 3. The summed E-state index contributed by atoms with van der Waals surface area (Å²) in [7, 11) is 0. The van der Waals surface area contributed by atoms with Gasteiger partial charge in [0.2, 0.25) is 0 Å². The van der Waals surface area contributed by atoms with Crippen molar-refractivity contribution >= 4 is 38.9 Å². The van der Waals surface area contributed by atoms with Crippen molar-refractivity contribution < 1.29 is 9.13 Å². The van der Waals surface area contributed by atoms with Crippen molar-refractivity contribution in [1.29, 1.82) is 0 Å². The molecule has 100 valence electrons. The van der Waals surface area contributed by atoms with Crippen LogP contribution < -0.4 is 16.2 Å². The molecule has 0 aliphatic carbocycles. The summed E-state index contributed by atoms with van der Waals surface area (Å²) in [4.78, 5) is 0. The summed E-state index contributed by atoms with van der Waals surface area (Å²) in [5.41, 5.74) is 12.2. The molecule has 19 heavy (non-hydrogen) atoms. The maximum Gasteiger partial charge on any atom is 0.188 e. The highest BCUT2D eigenvalue weighted by atomic mass is 79.9. The van der Waals surface area contributed by atoms with Gasteiger partial charge >= 0.3 is 0 Å². The van der Waals surface area contributed by atoms with E-state index in [2.05, 4.69) is 15.9 Å². The van der Waals surface area contributed by atoms with Crippen LogP contribution in [0, 0.1) is 12.7 Å². The number of anilines is 2. The third kappa shape index (κ3) is 2.77. The van der Waals surface area contributed by atoms with Gasteiger partial charge in [-0.15, -0.1) is 0 Å². The second kappa shape index (κ2) is 5.27. The molecule has 2 rings (SSSR count). The molecular weight excluding hydrogens is 335 g/mol. The topological polar surface area (TPSA) is 61.3 Å². The minimum absolute atomic E-state index is 0.0801. The fraction of sp³-hybridized carbons (Fsp3) is 0.0769. The zero-order valence-electron chi connectivity index (χ0n) is 10.0. The van der Waals surface area contributed by atoms with E-state index in [1.54, 1.807) is 12.1 Å². The standard InChI is InChI=1S/C13H11BrClFN2O/c1-6-4-7(14)2-3-10(6)19-13-9(18)5-8(17)11(15)12(13)16/h2-5H,17-18H2,1H3. The number of nitrogens with two attached hydrogens (primary N) is 2. The molecule has 3 nitrogen and oxygen atoms in total. The van der Waals surface area contributed by atoms with Gasteiger partial charge < -0.3 is 16.2 Å². The van der Waals surface area contributed by atoms with Crippen LogP contribution in [0.25, 0.3) is 0 Å². The van der Waals surface area contributed by atoms with E-state index in [1.807, 2.05) is 13.0 Å². The first-order chi connectivity index (χ1) is 8.90. The number of hydrogen-bond acceptors (Lipinski definition) is 3. The molecule has 4 N–H and O–H groups in total. The number of hydrogen-bond donors (Lipinski definition) is 2. The van der Waals surface area contributed by atoms with Crippen LogP contribution in [0.4, 0.5) is 15.8 Å². The lowest BCUT2D eigenvalue weighted by atomic mass is 10.2. The predicted octanol–water partition coefficient (Wildman–Crippen LogP) is 4.51. The average molecular weight is 346 g/mol. The minimum Gasteiger partial charge on any atom is -0.452 e. The summed E-state index contributed by atoms with van der Waals surface area (Å²) in [6.45, 7) is 1.84. The van der Waals surface area contributed by atoms with Gasteiger partial charge in [0.1, 0.15) is 10.8 Å². The molecule has 0 saturated carbocycles. The molecule has 2 aromatic rings. The van der Waals surface area contributed by atoms with Crippen LogP contribution in [0.2, 0.25) is 5.02 Å². The Morgan fingerprint density at radius 1 is 1.21 bits per heavy atom. The van der Waals surface area contributed by atoms with Crippen molar-refractivity contribution in [3.8, 4) is 11.5 Å². The van der Waals surface area contributed by atoms with Gasteiger partial charge in [-0.25, -0.2) is 4.39 Å². The second-order valence-corrected chi connectivity index (χ2v) is 5.32. The van der Waals surface area contributed by atoms with Gasteiger partial charge in [-0.1, -0.05) is 27.5 Å². The summed E-state index contributed by atoms with van der Waals surface area (Å²) in [5.74, 6) is -0.388. The summed E-state index contributed by atoms with van der Waals surface area (Å²) in [6, 6.07) is 6.72. The minimum atomic E-state index is -0.763. The van der Waals surface area contributed by atoms with Crippen molar-refractivity contribution in [2.75, 3.05) is 11.5 Å². The first-order valence-corrected chi connectivity index (χ1v) is 6.54. The lowest BCUT2D eigenvalue weighted by molar-refractivity contribution is 0.442. The van der Waals surface area contributed by atoms with Crippen LogP contribution in [0.15, 0.2) is 28.7 Å². The molecule has 0 aromatic heterocycles. The predicted molar refractivity (Wildman–Crippen MR) is 79.2 cm³/mol. The Hall–Kier alpha value is -1.46. The van der Waals surface area contributed by atoms with Crippen molar-refractivity contribution in [1.82, 2.24) is 0 Å². The highest BCUT2D eigenvalue weighted by Gasteiger charge is 2.17. The van der Waals surface area contributed by atoms with E-state index in [0.29, 0.717) is 5.75 Å². The Morgan fingerprint density at radius 2 is 1.89 bits per heavy atom. The van der Waals surface area contributed by atoms with Crippen LogP contribution in [-0.4, -0.2) is 0 Å². The van der Waals surface area contributed by atoms with Gasteiger partial charge in [-0.2, -0.15) is 0 Å². The van der Waals surface area contributed by atoms with Crippen LogP contribution in [0.1, 0.15) is 5.56 Å². The third-order valence-electron chi connectivity index (χ3n) is 2.57. The lowest BCUT2D eigenvalue weighted by Crippen LogP contribution is -2.00. The van der Waals surface area contributed by atoms with Crippen LogP contribution in [-0.2, 0) is 0 Å². The van der Waals surface area contributed by atoms with Crippen molar-refractivity contribution in [3.05, 3.63) is 45.1 Å². The highest BCUT2D eigenvalue weighted by Crippen LogP contribution is 2.39. The van der Waals surface area contributed by atoms with E-state index in [9.17, 15) is 4.39 Å². The Morgan fingerprint density at radius 3 is 2.53 bits per heavy atom. The molecule has 0 aliphatic rings. The Labute approximate surface area is 123 Å². The number of ether oxygens (including phenoxy) is 1. The summed E-state index contributed by atoms with van der Waals surface area (Å²) >= 11 is 9.08. The summed E-state index contributed by atoms with van der Waals surface area (Å²) in [6.07, 6.45) is 0. The molecule has 0 spiro atoms. The lowest BCUT2D eigenvalue weighted by Gasteiger charge is -2.13. The Kier molecular flexibility index (Phi) is 3.87. The molecular formula is C13H11BrClFN2O. The summed E-state index contributed by atoms with van der Waals surface area (Å²) < 4.78 is 20.4. The zero-order valence-corrected chi connectivity index (χ0v) is 12.3. The van der Waals surface area contributed by atoms with Gasteiger partial charge in [-0.05, 0) is 36.8 Å². The average Bonchev–Trinajstić information content (AvgIpc) is 2.34. The molecule has 0 saturated heterocycles. The van der Waals surface area contributed by atoms with E-state index < -0.39 is 5.82 Å². The number of nitrogen functional groups attached to an aromatic ring is 2. The largest absolute Gasteiger partial charge is 0.452 e. The first kappa shape index (κ1) is 14.0. The molecule has 6 heteroatoms. The molecule has 0 heterocycles. The van der Waals surface area contributed by atoms with Crippen molar-refractivity contribution in [2.24, 2.45) is 0 Å². The Balaban J connectivity index is 2.47. The molecule has 0 atom stereocenters. The molecule has 0 radical (unpaired) electrons. The first-order valence-electron chi connectivity index (χ1n) is 5.37. The molecule has 0 aliphatic heterocycles. The summed E-state index contributed by atoms with van der Waals surface area (Å²) in [5, 5.41) is -0.195. The maximum absolute atomic E-state index is 14.0. The molecule has 0 amide bonds. The van der Waals surface area contributed by atoms with Crippen LogP contribution in [0.5, 0.6) is 11.5 Å². The molecule has 0 unspecified atom stereocenters. The van der Waals surface area contributed by atoms with Gasteiger partial charge in [0.15, 0.2) is 11.6 Å². The van der Waals surface area contributed by atoms with Gasteiger partial charge in [0, 0.05) is 4.47 Å². The van der Waals surface area contributed by atoms with E-state index in [1.165, 1.54) is 6.07 Å². The number of aryl methyl sites for hydroxylation is 1. The maximum atomic E-state index is 14.0. The van der Waals surface area contributed by atoms with Gasteiger partial charge in [0.25, 0.3) is 0 Å². The number of benzene rings is 2. The molecule has 0 bridgehead atoms. The van der Waals surface area contributed by atoms with E-state index >= 15 is 0 Å². The SMILES string of the molecule is Cc1cc(Br)ccc1Oc1c(N)cc(N)c(Cl)c1F. The van der Waals surface area contributed by atoms with E-state index in [-0.39, 0.29) is 22.1 Å². The highest BCUT2D eigenvalue weighted by molar-refractivity contribution is 9.10. The van der Waals surface area contributed by atoms with Crippen LogP contribution >= 0.6 is 27.5 Å². The fourth-order valence-electron chi connectivity index (χ4n) is 1.59. The molecule has 0 fully saturated rings. The second-order valence-electron chi connectivity index (χ2n) is 4.02. The zero-order chi connectivity index (χ0) is 14.2.